The number of fused-ring (bicyclic) bond motifs is 1. The molecule has 1 aromatic carbocycles. The van der Waals surface area contributed by atoms with Crippen molar-refractivity contribution in [3.8, 4) is 0 Å². The van der Waals surface area contributed by atoms with Gasteiger partial charge in [-0.25, -0.2) is 0 Å². The van der Waals surface area contributed by atoms with Gasteiger partial charge in [0.25, 0.3) is 0 Å². The number of hydrogen-bond donors (Lipinski definition) is 2. The van der Waals surface area contributed by atoms with Gasteiger partial charge in [-0.15, -0.1) is 0 Å². The molecule has 1 aliphatic carbocycles. The van der Waals surface area contributed by atoms with Crippen LogP contribution in [0.2, 0.25) is 0 Å². The van der Waals surface area contributed by atoms with E-state index in [0.717, 1.165) is 19.3 Å². The SMILES string of the molecule is CC[C@@H](CO)NC1Cc2ccccc2C1. The van der Waals surface area contributed by atoms with Gasteiger partial charge in [0, 0.05) is 12.1 Å². The molecule has 2 heteroatoms. The molecule has 82 valence electrons. The monoisotopic (exact) mass is 205 g/mol. The van der Waals surface area contributed by atoms with Crippen molar-refractivity contribution in [2.45, 2.75) is 38.3 Å². The van der Waals surface area contributed by atoms with Gasteiger partial charge >= 0.3 is 0 Å². The zero-order valence-corrected chi connectivity index (χ0v) is 9.24. The van der Waals surface area contributed by atoms with E-state index < -0.39 is 0 Å². The maximum Gasteiger partial charge on any atom is 0.0584 e. The first-order chi connectivity index (χ1) is 7.33. The van der Waals surface area contributed by atoms with E-state index in [0.29, 0.717) is 6.04 Å². The van der Waals surface area contributed by atoms with Crippen molar-refractivity contribution in [3.05, 3.63) is 35.4 Å². The Labute approximate surface area is 91.3 Å². The molecular weight excluding hydrogens is 186 g/mol. The number of nitrogens with one attached hydrogen (secondary N) is 1. The van der Waals surface area contributed by atoms with Crippen LogP contribution in [0.1, 0.15) is 24.5 Å². The Morgan fingerprint density at radius 1 is 1.33 bits per heavy atom. The quantitative estimate of drug-likeness (QED) is 0.781. The average molecular weight is 205 g/mol. The average Bonchev–Trinajstić information content (AvgIpc) is 2.68. The van der Waals surface area contributed by atoms with Gasteiger partial charge in [-0.3, -0.25) is 0 Å². The Hall–Kier alpha value is -0.860. The number of benzene rings is 1. The first-order valence-corrected chi connectivity index (χ1v) is 5.77. The summed E-state index contributed by atoms with van der Waals surface area (Å²) in [6, 6.07) is 9.38. The lowest BCUT2D eigenvalue weighted by Gasteiger charge is -2.19. The summed E-state index contributed by atoms with van der Waals surface area (Å²) >= 11 is 0. The van der Waals surface area contributed by atoms with Crippen LogP contribution in [0, 0.1) is 0 Å². The minimum atomic E-state index is 0.239. The molecule has 0 amide bonds. The molecule has 0 aliphatic heterocycles. The predicted molar refractivity (Wildman–Crippen MR) is 61.9 cm³/mol. The van der Waals surface area contributed by atoms with Crippen LogP contribution in [-0.4, -0.2) is 23.8 Å². The van der Waals surface area contributed by atoms with Gasteiger partial charge in [-0.05, 0) is 30.4 Å². The minimum absolute atomic E-state index is 0.239. The lowest BCUT2D eigenvalue weighted by atomic mass is 10.1. The zero-order chi connectivity index (χ0) is 10.7. The fourth-order valence-electron chi connectivity index (χ4n) is 2.31. The summed E-state index contributed by atoms with van der Waals surface area (Å²) in [6.45, 7) is 2.35. The molecule has 0 unspecified atom stereocenters. The maximum atomic E-state index is 9.14. The number of rotatable bonds is 4. The summed E-state index contributed by atoms with van der Waals surface area (Å²) in [6.07, 6.45) is 3.20. The molecular formula is C13H19NO. The van der Waals surface area contributed by atoms with E-state index in [1.807, 2.05) is 0 Å². The summed E-state index contributed by atoms with van der Waals surface area (Å²) < 4.78 is 0. The standard InChI is InChI=1S/C13H19NO/c1-2-12(9-15)14-13-7-10-5-3-4-6-11(10)8-13/h3-6,12-15H,2,7-9H2,1H3/t12-/m0/s1. The molecule has 0 fully saturated rings. The van der Waals surface area contributed by atoms with E-state index in [2.05, 4.69) is 36.5 Å². The van der Waals surface area contributed by atoms with Crippen molar-refractivity contribution in [2.75, 3.05) is 6.61 Å². The first kappa shape index (κ1) is 10.7. The normalized spacial score (nSPS) is 17.7. The predicted octanol–water partition coefficient (Wildman–Crippen LogP) is 1.51. The molecule has 2 rings (SSSR count). The lowest BCUT2D eigenvalue weighted by Crippen LogP contribution is -2.40. The van der Waals surface area contributed by atoms with Crippen molar-refractivity contribution in [1.82, 2.24) is 5.32 Å². The molecule has 1 aliphatic rings. The lowest BCUT2D eigenvalue weighted by molar-refractivity contribution is 0.228. The molecule has 0 saturated carbocycles. The Morgan fingerprint density at radius 3 is 2.40 bits per heavy atom. The Balaban J connectivity index is 1.95. The molecule has 2 nitrogen and oxygen atoms in total. The Morgan fingerprint density at radius 2 is 1.93 bits per heavy atom. The van der Waals surface area contributed by atoms with Crippen LogP contribution in [0.4, 0.5) is 0 Å². The topological polar surface area (TPSA) is 32.3 Å². The molecule has 1 atom stereocenters. The highest BCUT2D eigenvalue weighted by Gasteiger charge is 2.22. The van der Waals surface area contributed by atoms with Gasteiger partial charge in [0.1, 0.15) is 0 Å². The van der Waals surface area contributed by atoms with Crippen LogP contribution < -0.4 is 5.32 Å². The van der Waals surface area contributed by atoms with Crippen molar-refractivity contribution in [1.29, 1.82) is 0 Å². The third kappa shape index (κ3) is 2.39. The highest BCUT2D eigenvalue weighted by Crippen LogP contribution is 2.21. The van der Waals surface area contributed by atoms with E-state index >= 15 is 0 Å². The molecule has 1 aromatic rings. The van der Waals surface area contributed by atoms with Crippen molar-refractivity contribution >= 4 is 0 Å². The van der Waals surface area contributed by atoms with Crippen LogP contribution >= 0.6 is 0 Å². The number of aliphatic hydroxyl groups is 1. The molecule has 0 bridgehead atoms. The highest BCUT2D eigenvalue weighted by molar-refractivity contribution is 5.33. The number of hydrogen-bond acceptors (Lipinski definition) is 2. The minimum Gasteiger partial charge on any atom is -0.395 e. The van der Waals surface area contributed by atoms with E-state index in [4.69, 9.17) is 5.11 Å². The molecule has 2 N–H and O–H groups in total. The van der Waals surface area contributed by atoms with Crippen molar-refractivity contribution < 1.29 is 5.11 Å². The third-order valence-electron chi connectivity index (χ3n) is 3.24. The Kier molecular flexibility index (Phi) is 3.39. The van der Waals surface area contributed by atoms with E-state index in [1.165, 1.54) is 11.1 Å². The van der Waals surface area contributed by atoms with Crippen LogP contribution in [-0.2, 0) is 12.8 Å². The van der Waals surface area contributed by atoms with Gasteiger partial charge in [0.15, 0.2) is 0 Å². The molecule has 0 heterocycles. The third-order valence-corrected chi connectivity index (χ3v) is 3.24. The molecule has 0 spiro atoms. The van der Waals surface area contributed by atoms with Gasteiger partial charge in [-0.1, -0.05) is 31.2 Å². The fraction of sp³-hybridized carbons (Fsp3) is 0.538. The van der Waals surface area contributed by atoms with Gasteiger partial charge < -0.3 is 10.4 Å². The van der Waals surface area contributed by atoms with E-state index in [9.17, 15) is 0 Å². The van der Waals surface area contributed by atoms with Crippen LogP contribution in [0.25, 0.3) is 0 Å². The second-order valence-corrected chi connectivity index (χ2v) is 4.33. The number of aliphatic hydroxyl groups excluding tert-OH is 1. The van der Waals surface area contributed by atoms with Gasteiger partial charge in [0.2, 0.25) is 0 Å². The smallest absolute Gasteiger partial charge is 0.0584 e. The summed E-state index contributed by atoms with van der Waals surface area (Å²) in [5, 5.41) is 12.7. The summed E-state index contributed by atoms with van der Waals surface area (Å²) in [7, 11) is 0. The second kappa shape index (κ2) is 4.77. The molecule has 0 aromatic heterocycles. The summed E-state index contributed by atoms with van der Waals surface area (Å²) in [4.78, 5) is 0. The molecule has 0 radical (unpaired) electrons. The van der Waals surface area contributed by atoms with Crippen molar-refractivity contribution in [2.24, 2.45) is 0 Å². The highest BCUT2D eigenvalue weighted by atomic mass is 16.3. The molecule has 0 saturated heterocycles. The van der Waals surface area contributed by atoms with E-state index in [-0.39, 0.29) is 12.6 Å². The van der Waals surface area contributed by atoms with Gasteiger partial charge in [0.05, 0.1) is 6.61 Å². The van der Waals surface area contributed by atoms with E-state index in [1.54, 1.807) is 0 Å². The van der Waals surface area contributed by atoms with Gasteiger partial charge in [-0.2, -0.15) is 0 Å². The first-order valence-electron chi connectivity index (χ1n) is 5.77. The largest absolute Gasteiger partial charge is 0.395 e. The Bertz CT molecular complexity index is 295. The summed E-state index contributed by atoms with van der Waals surface area (Å²) in [5.74, 6) is 0. The molecule has 15 heavy (non-hydrogen) atoms. The zero-order valence-electron chi connectivity index (χ0n) is 9.24. The van der Waals surface area contributed by atoms with Crippen molar-refractivity contribution in [3.63, 3.8) is 0 Å². The maximum absolute atomic E-state index is 9.14. The van der Waals surface area contributed by atoms with Crippen LogP contribution in [0.5, 0.6) is 0 Å². The van der Waals surface area contributed by atoms with Crippen LogP contribution in [0.3, 0.4) is 0 Å². The van der Waals surface area contributed by atoms with Crippen LogP contribution in [0.15, 0.2) is 24.3 Å². The second-order valence-electron chi connectivity index (χ2n) is 4.33. The fourth-order valence-corrected chi connectivity index (χ4v) is 2.31. The summed E-state index contributed by atoms with van der Waals surface area (Å²) in [5.41, 5.74) is 2.92.